The highest BCUT2D eigenvalue weighted by Crippen LogP contribution is 2.34. The van der Waals surface area contributed by atoms with Gasteiger partial charge in [0.25, 0.3) is 5.91 Å². The number of ether oxygens (including phenoxy) is 1. The lowest BCUT2D eigenvalue weighted by atomic mass is 9.98. The largest absolute Gasteiger partial charge is 0.376 e. The number of benzene rings is 2. The van der Waals surface area contributed by atoms with Gasteiger partial charge in [-0.25, -0.2) is 0 Å². The van der Waals surface area contributed by atoms with Gasteiger partial charge in [-0.1, -0.05) is 47.6 Å². The van der Waals surface area contributed by atoms with Crippen LogP contribution in [0.1, 0.15) is 29.0 Å². The highest BCUT2D eigenvalue weighted by Gasteiger charge is 2.18. The molecule has 5 nitrogen and oxygen atoms in total. The molecule has 2 aromatic carbocycles. The fourth-order valence-corrected chi connectivity index (χ4v) is 3.41. The molecule has 27 heavy (non-hydrogen) atoms. The maximum atomic E-state index is 12.4. The minimum Gasteiger partial charge on any atom is -0.376 e. The summed E-state index contributed by atoms with van der Waals surface area (Å²) in [7, 11) is 0. The summed E-state index contributed by atoms with van der Waals surface area (Å²) in [5.41, 5.74) is 4.37. The number of hydrogen-bond acceptors (Lipinski definition) is 4. The van der Waals surface area contributed by atoms with Gasteiger partial charge in [-0.05, 0) is 37.5 Å². The average Bonchev–Trinajstić information content (AvgIpc) is 3.36. The molecule has 1 amide bonds. The molecular weight excluding hydrogens is 340 g/mol. The van der Waals surface area contributed by atoms with Crippen molar-refractivity contribution >= 4 is 5.91 Å². The number of rotatable bonds is 5. The summed E-state index contributed by atoms with van der Waals surface area (Å²) < 4.78 is 11.0. The number of nitrogens with one attached hydrogen (secondary N) is 1. The first-order valence-corrected chi connectivity index (χ1v) is 9.24. The monoisotopic (exact) mass is 362 g/mol. The van der Waals surface area contributed by atoms with Crippen LogP contribution in [0.4, 0.5) is 0 Å². The second-order valence-electron chi connectivity index (χ2n) is 6.75. The van der Waals surface area contributed by atoms with Crippen molar-refractivity contribution in [3.63, 3.8) is 0 Å². The van der Waals surface area contributed by atoms with Crippen LogP contribution in [0.25, 0.3) is 22.4 Å². The van der Waals surface area contributed by atoms with E-state index in [9.17, 15) is 4.79 Å². The minimum atomic E-state index is -0.0811. The number of nitrogens with zero attached hydrogens (tertiary/aromatic N) is 1. The van der Waals surface area contributed by atoms with Crippen LogP contribution in [0, 0.1) is 6.92 Å². The Morgan fingerprint density at radius 3 is 2.59 bits per heavy atom. The van der Waals surface area contributed by atoms with E-state index in [-0.39, 0.29) is 12.0 Å². The molecule has 0 aliphatic carbocycles. The Kier molecular flexibility index (Phi) is 5.03. The van der Waals surface area contributed by atoms with E-state index in [1.807, 2.05) is 61.5 Å². The van der Waals surface area contributed by atoms with Crippen molar-refractivity contribution in [2.75, 3.05) is 13.2 Å². The van der Waals surface area contributed by atoms with Crippen LogP contribution in [0.3, 0.4) is 0 Å². The molecule has 1 fully saturated rings. The lowest BCUT2D eigenvalue weighted by molar-refractivity contribution is 0.0858. The molecule has 5 heteroatoms. The van der Waals surface area contributed by atoms with Gasteiger partial charge >= 0.3 is 0 Å². The van der Waals surface area contributed by atoms with E-state index in [0.29, 0.717) is 12.1 Å². The van der Waals surface area contributed by atoms with Gasteiger partial charge < -0.3 is 14.6 Å². The molecule has 1 N–H and O–H groups in total. The van der Waals surface area contributed by atoms with Gasteiger partial charge in [-0.3, -0.25) is 4.79 Å². The first-order valence-electron chi connectivity index (χ1n) is 9.24. The van der Waals surface area contributed by atoms with Gasteiger partial charge in [0.15, 0.2) is 0 Å². The molecule has 0 saturated carbocycles. The molecule has 138 valence electrons. The van der Waals surface area contributed by atoms with Crippen molar-refractivity contribution < 1.29 is 14.1 Å². The summed E-state index contributed by atoms with van der Waals surface area (Å²) in [5.74, 6) is 0.673. The first kappa shape index (κ1) is 17.5. The molecule has 0 radical (unpaired) electrons. The van der Waals surface area contributed by atoms with Crippen molar-refractivity contribution in [2.24, 2.45) is 0 Å². The second kappa shape index (κ2) is 7.76. The van der Waals surface area contributed by atoms with E-state index in [1.54, 1.807) is 0 Å². The fraction of sp³-hybridized carbons (Fsp3) is 0.273. The molecule has 3 aromatic rings. The zero-order valence-electron chi connectivity index (χ0n) is 15.3. The molecular formula is C22H22N2O3. The minimum absolute atomic E-state index is 0.0811. The highest BCUT2D eigenvalue weighted by molar-refractivity contribution is 5.95. The lowest BCUT2D eigenvalue weighted by Crippen LogP contribution is -2.31. The second-order valence-corrected chi connectivity index (χ2v) is 6.75. The van der Waals surface area contributed by atoms with E-state index in [1.165, 1.54) is 0 Å². The van der Waals surface area contributed by atoms with E-state index < -0.39 is 0 Å². The third-order valence-corrected chi connectivity index (χ3v) is 4.86. The Balaban J connectivity index is 1.53. The van der Waals surface area contributed by atoms with Crippen molar-refractivity contribution in [1.82, 2.24) is 10.5 Å². The molecule has 1 saturated heterocycles. The normalized spacial score (nSPS) is 16.4. The molecule has 4 rings (SSSR count). The summed E-state index contributed by atoms with van der Waals surface area (Å²) in [5, 5.41) is 7.17. The van der Waals surface area contributed by atoms with Crippen molar-refractivity contribution in [2.45, 2.75) is 25.9 Å². The van der Waals surface area contributed by atoms with Crippen LogP contribution in [0.15, 0.2) is 59.1 Å². The zero-order valence-corrected chi connectivity index (χ0v) is 15.3. The van der Waals surface area contributed by atoms with Crippen LogP contribution in [-0.4, -0.2) is 30.3 Å². The molecule has 0 spiro atoms. The Labute approximate surface area is 158 Å². The van der Waals surface area contributed by atoms with Crippen molar-refractivity contribution in [1.29, 1.82) is 0 Å². The van der Waals surface area contributed by atoms with Crippen LogP contribution in [0.2, 0.25) is 0 Å². The van der Waals surface area contributed by atoms with Crippen LogP contribution in [-0.2, 0) is 4.74 Å². The molecule has 1 aliphatic rings. The predicted molar refractivity (Wildman–Crippen MR) is 103 cm³/mol. The molecule has 1 aromatic heterocycles. The summed E-state index contributed by atoms with van der Waals surface area (Å²) in [6.07, 6.45) is 2.21. The number of aromatic nitrogens is 1. The number of amides is 1. The Morgan fingerprint density at radius 1 is 1.11 bits per heavy atom. The summed E-state index contributed by atoms with van der Waals surface area (Å²) in [4.78, 5) is 12.4. The molecule has 1 atom stereocenters. The summed E-state index contributed by atoms with van der Waals surface area (Å²) >= 11 is 0. The third-order valence-electron chi connectivity index (χ3n) is 4.86. The van der Waals surface area contributed by atoms with Gasteiger partial charge in [0.1, 0.15) is 11.5 Å². The fourth-order valence-electron chi connectivity index (χ4n) is 3.41. The number of hydrogen-bond donors (Lipinski definition) is 1. The Bertz CT molecular complexity index is 910. The highest BCUT2D eigenvalue weighted by atomic mass is 16.5. The summed E-state index contributed by atoms with van der Waals surface area (Å²) in [6, 6.07) is 17.5. The number of carbonyl (C=O) groups excluding carboxylic acids is 1. The van der Waals surface area contributed by atoms with Crippen LogP contribution in [0.5, 0.6) is 0 Å². The number of aryl methyl sites for hydroxylation is 1. The van der Waals surface area contributed by atoms with Gasteiger partial charge in [0.2, 0.25) is 0 Å². The lowest BCUT2D eigenvalue weighted by Gasteiger charge is -2.11. The maximum Gasteiger partial charge on any atom is 0.251 e. The van der Waals surface area contributed by atoms with Crippen LogP contribution < -0.4 is 5.32 Å². The molecule has 1 unspecified atom stereocenters. The SMILES string of the molecule is Cc1onc(-c2ccccc2)c1-c1ccc(C(=O)NCC2CCCO2)cc1. The van der Waals surface area contributed by atoms with Gasteiger partial charge in [0.05, 0.1) is 11.7 Å². The van der Waals surface area contributed by atoms with Gasteiger partial charge in [-0.2, -0.15) is 0 Å². The summed E-state index contributed by atoms with van der Waals surface area (Å²) in [6.45, 7) is 3.25. The Hall–Kier alpha value is -2.92. The number of carbonyl (C=O) groups is 1. The molecule has 1 aliphatic heterocycles. The molecule has 0 bridgehead atoms. The van der Waals surface area contributed by atoms with Gasteiger partial charge in [0, 0.05) is 24.3 Å². The topological polar surface area (TPSA) is 64.4 Å². The van der Waals surface area contributed by atoms with Crippen LogP contribution >= 0.6 is 0 Å². The average molecular weight is 362 g/mol. The third kappa shape index (κ3) is 3.78. The van der Waals surface area contributed by atoms with E-state index in [4.69, 9.17) is 9.26 Å². The predicted octanol–water partition coefficient (Wildman–Crippen LogP) is 4.23. The Morgan fingerprint density at radius 2 is 1.89 bits per heavy atom. The van der Waals surface area contributed by atoms with E-state index >= 15 is 0 Å². The quantitative estimate of drug-likeness (QED) is 0.738. The standard InChI is InChI=1S/C22H22N2O3/c1-15-20(21(24-27-15)17-6-3-2-4-7-17)16-9-11-18(12-10-16)22(25)23-14-19-8-5-13-26-19/h2-4,6-7,9-12,19H,5,8,13-14H2,1H3,(H,23,25). The van der Waals surface area contributed by atoms with E-state index in [2.05, 4.69) is 10.5 Å². The molecule has 2 heterocycles. The van der Waals surface area contributed by atoms with Crippen molar-refractivity contribution in [3.05, 3.63) is 65.9 Å². The zero-order chi connectivity index (χ0) is 18.6. The maximum absolute atomic E-state index is 12.4. The van der Waals surface area contributed by atoms with E-state index in [0.717, 1.165) is 47.6 Å². The van der Waals surface area contributed by atoms with Crippen molar-refractivity contribution in [3.8, 4) is 22.4 Å². The van der Waals surface area contributed by atoms with Gasteiger partial charge in [-0.15, -0.1) is 0 Å². The first-order chi connectivity index (χ1) is 13.2. The smallest absolute Gasteiger partial charge is 0.251 e.